The fraction of sp³-hybridized carbons (Fsp3) is 0.353. The molecule has 116 valence electrons. The molecule has 21 heavy (non-hydrogen) atoms. The molecule has 0 saturated carbocycles. The molecule has 0 amide bonds. The highest BCUT2D eigenvalue weighted by molar-refractivity contribution is 9.10. The molecule has 0 bridgehead atoms. The quantitative estimate of drug-likeness (QED) is 0.523. The van der Waals surface area contributed by atoms with Crippen LogP contribution in [0.2, 0.25) is 0 Å². The number of aromatic amines is 2. The van der Waals surface area contributed by atoms with Gasteiger partial charge in [-0.1, -0.05) is 59.7 Å². The SMILES string of the molecule is CC.CC.CC.O=c1[nH]cc(Br)c2[nH]c3ccccc3c12. The smallest absolute Gasteiger partial charge is 0.258 e. The lowest BCUT2D eigenvalue weighted by Gasteiger charge is -1.92. The molecule has 0 fully saturated rings. The predicted molar refractivity (Wildman–Crippen MR) is 98.2 cm³/mol. The highest BCUT2D eigenvalue weighted by atomic mass is 79.9. The van der Waals surface area contributed by atoms with Gasteiger partial charge in [0.05, 0.1) is 15.4 Å². The van der Waals surface area contributed by atoms with Crippen molar-refractivity contribution >= 4 is 37.7 Å². The number of nitrogens with one attached hydrogen (secondary N) is 2. The molecule has 2 heterocycles. The van der Waals surface area contributed by atoms with Gasteiger partial charge in [-0.3, -0.25) is 4.79 Å². The second kappa shape index (κ2) is 10.2. The maximum absolute atomic E-state index is 11.7. The van der Waals surface area contributed by atoms with Crippen LogP contribution in [0.15, 0.2) is 39.7 Å². The Bertz CT molecular complexity index is 713. The van der Waals surface area contributed by atoms with Gasteiger partial charge in [0, 0.05) is 17.1 Å². The summed E-state index contributed by atoms with van der Waals surface area (Å²) in [5, 5.41) is 1.66. The van der Waals surface area contributed by atoms with Crippen molar-refractivity contribution in [3.05, 3.63) is 45.3 Å². The van der Waals surface area contributed by atoms with E-state index in [2.05, 4.69) is 25.9 Å². The first-order chi connectivity index (χ1) is 10.3. The van der Waals surface area contributed by atoms with Gasteiger partial charge < -0.3 is 9.97 Å². The van der Waals surface area contributed by atoms with Crippen molar-refractivity contribution in [1.29, 1.82) is 0 Å². The average Bonchev–Trinajstić information content (AvgIpc) is 2.97. The summed E-state index contributed by atoms with van der Waals surface area (Å²) < 4.78 is 0.869. The number of hydrogen-bond donors (Lipinski definition) is 2. The van der Waals surface area contributed by atoms with E-state index in [-0.39, 0.29) is 5.56 Å². The topological polar surface area (TPSA) is 48.6 Å². The number of fused-ring (bicyclic) bond motifs is 3. The summed E-state index contributed by atoms with van der Waals surface area (Å²) >= 11 is 3.41. The van der Waals surface area contributed by atoms with Crippen molar-refractivity contribution in [2.24, 2.45) is 0 Å². The molecule has 0 radical (unpaired) electrons. The van der Waals surface area contributed by atoms with Gasteiger partial charge in [-0.15, -0.1) is 0 Å². The Labute approximate surface area is 134 Å². The molecule has 4 heteroatoms. The second-order valence-electron chi connectivity index (χ2n) is 3.39. The normalized spacial score (nSPS) is 8.90. The molecule has 0 aliphatic heterocycles. The molecular formula is C17H25BrN2O. The van der Waals surface area contributed by atoms with Gasteiger partial charge in [0.25, 0.3) is 5.56 Å². The minimum Gasteiger partial charge on any atom is -0.353 e. The van der Waals surface area contributed by atoms with Gasteiger partial charge in [-0.05, 0) is 22.0 Å². The van der Waals surface area contributed by atoms with Crippen molar-refractivity contribution in [3.63, 3.8) is 0 Å². The molecule has 0 atom stereocenters. The minimum atomic E-state index is -0.0642. The Morgan fingerprint density at radius 2 is 1.52 bits per heavy atom. The lowest BCUT2D eigenvalue weighted by atomic mass is 10.2. The third-order valence-electron chi connectivity index (χ3n) is 2.50. The van der Waals surface area contributed by atoms with Crippen molar-refractivity contribution in [3.8, 4) is 0 Å². The first-order valence-electron chi connectivity index (χ1n) is 7.55. The van der Waals surface area contributed by atoms with Crippen molar-refractivity contribution in [1.82, 2.24) is 9.97 Å². The summed E-state index contributed by atoms with van der Waals surface area (Å²) in [5.41, 5.74) is 1.76. The van der Waals surface area contributed by atoms with E-state index in [0.29, 0.717) is 5.39 Å². The van der Waals surface area contributed by atoms with E-state index in [1.807, 2.05) is 65.8 Å². The molecule has 1 aromatic carbocycles. The molecule has 2 N–H and O–H groups in total. The Kier molecular flexibility index (Phi) is 9.46. The van der Waals surface area contributed by atoms with E-state index in [4.69, 9.17) is 0 Å². The van der Waals surface area contributed by atoms with Crippen LogP contribution >= 0.6 is 15.9 Å². The maximum Gasteiger partial charge on any atom is 0.258 e. The van der Waals surface area contributed by atoms with Crippen LogP contribution in [0.4, 0.5) is 0 Å². The zero-order valence-corrected chi connectivity index (χ0v) is 15.3. The fourth-order valence-corrected chi connectivity index (χ4v) is 2.24. The van der Waals surface area contributed by atoms with Crippen LogP contribution < -0.4 is 5.56 Å². The maximum atomic E-state index is 11.7. The van der Waals surface area contributed by atoms with Gasteiger partial charge in [0.2, 0.25) is 0 Å². The van der Waals surface area contributed by atoms with E-state index in [1.165, 1.54) is 0 Å². The third kappa shape index (κ3) is 4.21. The van der Waals surface area contributed by atoms with Gasteiger partial charge in [0.15, 0.2) is 0 Å². The van der Waals surface area contributed by atoms with Gasteiger partial charge in [0.1, 0.15) is 0 Å². The summed E-state index contributed by atoms with van der Waals surface area (Å²) in [6, 6.07) is 7.77. The van der Waals surface area contributed by atoms with Crippen LogP contribution in [-0.2, 0) is 0 Å². The largest absolute Gasteiger partial charge is 0.353 e. The van der Waals surface area contributed by atoms with E-state index >= 15 is 0 Å². The van der Waals surface area contributed by atoms with Crippen molar-refractivity contribution in [2.75, 3.05) is 0 Å². The molecule has 3 nitrogen and oxygen atoms in total. The Morgan fingerprint density at radius 1 is 0.952 bits per heavy atom. The highest BCUT2D eigenvalue weighted by Gasteiger charge is 2.09. The van der Waals surface area contributed by atoms with E-state index in [0.717, 1.165) is 20.9 Å². The van der Waals surface area contributed by atoms with Crippen LogP contribution in [0, 0.1) is 0 Å². The van der Waals surface area contributed by atoms with Gasteiger partial charge >= 0.3 is 0 Å². The summed E-state index contributed by atoms with van der Waals surface area (Å²) in [4.78, 5) is 17.6. The number of benzene rings is 1. The van der Waals surface area contributed by atoms with Crippen LogP contribution in [0.1, 0.15) is 41.5 Å². The number of rotatable bonds is 0. The zero-order valence-electron chi connectivity index (χ0n) is 13.7. The molecule has 0 spiro atoms. The number of para-hydroxylation sites is 1. The number of H-pyrrole nitrogens is 2. The number of pyridine rings is 1. The average molecular weight is 353 g/mol. The first kappa shape index (κ1) is 19.4. The van der Waals surface area contributed by atoms with E-state index in [9.17, 15) is 4.79 Å². The fourth-order valence-electron chi connectivity index (χ4n) is 1.83. The molecule has 0 aliphatic rings. The monoisotopic (exact) mass is 352 g/mol. The number of hydrogen-bond acceptors (Lipinski definition) is 1. The summed E-state index contributed by atoms with van der Waals surface area (Å²) in [5.74, 6) is 0. The summed E-state index contributed by atoms with van der Waals surface area (Å²) in [6.45, 7) is 12.0. The third-order valence-corrected chi connectivity index (χ3v) is 3.13. The zero-order chi connectivity index (χ0) is 16.4. The number of aromatic nitrogens is 2. The Morgan fingerprint density at radius 3 is 2.14 bits per heavy atom. The molecule has 3 rings (SSSR count). The van der Waals surface area contributed by atoms with Gasteiger partial charge in [-0.25, -0.2) is 0 Å². The summed E-state index contributed by atoms with van der Waals surface area (Å²) in [6.07, 6.45) is 1.65. The van der Waals surface area contributed by atoms with E-state index < -0.39 is 0 Å². The molecule has 3 aromatic rings. The van der Waals surface area contributed by atoms with Crippen LogP contribution in [-0.4, -0.2) is 9.97 Å². The van der Waals surface area contributed by atoms with Crippen molar-refractivity contribution < 1.29 is 0 Å². The van der Waals surface area contributed by atoms with Gasteiger partial charge in [-0.2, -0.15) is 0 Å². The molecule has 2 aromatic heterocycles. The lowest BCUT2D eigenvalue weighted by Crippen LogP contribution is -2.03. The Hall–Kier alpha value is -1.55. The first-order valence-corrected chi connectivity index (χ1v) is 8.34. The predicted octanol–water partition coefficient (Wildman–Crippen LogP) is 5.85. The Balaban J connectivity index is 0.000000598. The van der Waals surface area contributed by atoms with Crippen LogP contribution in [0.5, 0.6) is 0 Å². The molecule has 0 aliphatic carbocycles. The standard InChI is InChI=1S/C11H7BrN2O.3C2H6/c12-7-5-13-11(15)9-6-3-1-2-4-8(6)14-10(7)9;3*1-2/h1-5,14H,(H,13,15);3*1-2H3. The van der Waals surface area contributed by atoms with Crippen LogP contribution in [0.3, 0.4) is 0 Å². The number of halogens is 1. The molecule has 0 unspecified atom stereocenters. The molecular weight excluding hydrogens is 328 g/mol. The molecule has 0 saturated heterocycles. The van der Waals surface area contributed by atoms with E-state index in [1.54, 1.807) is 6.20 Å². The second-order valence-corrected chi connectivity index (χ2v) is 4.24. The lowest BCUT2D eigenvalue weighted by molar-refractivity contribution is 1.26. The van der Waals surface area contributed by atoms with Crippen molar-refractivity contribution in [2.45, 2.75) is 41.5 Å². The highest BCUT2D eigenvalue weighted by Crippen LogP contribution is 2.26. The van der Waals surface area contributed by atoms with Crippen LogP contribution in [0.25, 0.3) is 21.8 Å². The summed E-state index contributed by atoms with van der Waals surface area (Å²) in [7, 11) is 0. The minimum absolute atomic E-state index is 0.0642.